The van der Waals surface area contributed by atoms with Crippen LogP contribution in [0, 0.1) is 0 Å². The first-order valence-corrected chi connectivity index (χ1v) is 6.38. The number of aliphatic hydroxyl groups excluding tert-OH is 2. The van der Waals surface area contributed by atoms with Gasteiger partial charge in [0.25, 0.3) is 0 Å². The molecule has 0 bridgehead atoms. The van der Waals surface area contributed by atoms with E-state index in [2.05, 4.69) is 11.8 Å². The van der Waals surface area contributed by atoms with Gasteiger partial charge in [0.2, 0.25) is 0 Å². The number of hydrogen-bond donors (Lipinski definition) is 2. The summed E-state index contributed by atoms with van der Waals surface area (Å²) in [6.07, 6.45) is 3.91. The molecule has 4 nitrogen and oxygen atoms in total. The molecule has 96 valence electrons. The fourth-order valence-electron chi connectivity index (χ4n) is 2.13. The summed E-state index contributed by atoms with van der Waals surface area (Å²) in [6, 6.07) is 0.241. The molecule has 2 unspecified atom stereocenters. The predicted molar refractivity (Wildman–Crippen MR) is 63.4 cm³/mol. The van der Waals surface area contributed by atoms with Gasteiger partial charge in [0, 0.05) is 19.2 Å². The van der Waals surface area contributed by atoms with Gasteiger partial charge in [0.05, 0.1) is 19.3 Å². The van der Waals surface area contributed by atoms with Crippen molar-refractivity contribution in [1.29, 1.82) is 0 Å². The van der Waals surface area contributed by atoms with Gasteiger partial charge >= 0.3 is 0 Å². The topological polar surface area (TPSA) is 52.9 Å². The molecule has 0 spiro atoms. The lowest BCUT2D eigenvalue weighted by Gasteiger charge is -2.25. The van der Waals surface area contributed by atoms with Gasteiger partial charge in [-0.1, -0.05) is 13.3 Å². The molecule has 0 aromatic carbocycles. The van der Waals surface area contributed by atoms with Crippen LogP contribution < -0.4 is 0 Å². The van der Waals surface area contributed by atoms with E-state index >= 15 is 0 Å². The summed E-state index contributed by atoms with van der Waals surface area (Å²) in [5.74, 6) is 0. The minimum atomic E-state index is -0.427. The Morgan fingerprint density at radius 2 is 2.31 bits per heavy atom. The van der Waals surface area contributed by atoms with Crippen molar-refractivity contribution in [3.8, 4) is 0 Å². The Kier molecular flexibility index (Phi) is 6.96. The van der Waals surface area contributed by atoms with Gasteiger partial charge in [-0.05, 0) is 25.8 Å². The Balaban J connectivity index is 2.10. The van der Waals surface area contributed by atoms with Crippen LogP contribution >= 0.6 is 0 Å². The maximum absolute atomic E-state index is 9.77. The second kappa shape index (κ2) is 8.01. The number of hydrogen-bond acceptors (Lipinski definition) is 4. The van der Waals surface area contributed by atoms with E-state index in [1.807, 2.05) is 0 Å². The lowest BCUT2D eigenvalue weighted by atomic mass is 10.2. The molecular weight excluding hydrogens is 206 g/mol. The van der Waals surface area contributed by atoms with E-state index in [9.17, 15) is 5.11 Å². The second-order valence-electron chi connectivity index (χ2n) is 4.56. The van der Waals surface area contributed by atoms with Crippen LogP contribution in [0.1, 0.15) is 32.6 Å². The first-order valence-electron chi connectivity index (χ1n) is 6.38. The number of rotatable bonds is 8. The highest BCUT2D eigenvalue weighted by Crippen LogP contribution is 2.16. The lowest BCUT2D eigenvalue weighted by Crippen LogP contribution is -2.39. The van der Waals surface area contributed by atoms with Gasteiger partial charge in [-0.25, -0.2) is 0 Å². The third-order valence-corrected chi connectivity index (χ3v) is 3.11. The van der Waals surface area contributed by atoms with Crippen molar-refractivity contribution in [2.75, 3.05) is 32.9 Å². The highest BCUT2D eigenvalue weighted by molar-refractivity contribution is 4.80. The number of β-amino-alcohol motifs (C(OH)–C–C–N with tert-alkyl or cyclic N) is 1. The fraction of sp³-hybridized carbons (Fsp3) is 1.00. The van der Waals surface area contributed by atoms with E-state index in [4.69, 9.17) is 9.84 Å². The zero-order valence-electron chi connectivity index (χ0n) is 10.3. The Bertz CT molecular complexity index is 178. The molecule has 0 aliphatic carbocycles. The smallest absolute Gasteiger partial charge is 0.0900 e. The summed E-state index contributed by atoms with van der Waals surface area (Å²) in [5.41, 5.74) is 0. The summed E-state index contributed by atoms with van der Waals surface area (Å²) >= 11 is 0. The average Bonchev–Trinajstić information content (AvgIpc) is 2.71. The molecule has 16 heavy (non-hydrogen) atoms. The molecule has 1 fully saturated rings. The van der Waals surface area contributed by atoms with Crippen molar-refractivity contribution in [2.24, 2.45) is 0 Å². The Morgan fingerprint density at radius 1 is 1.50 bits per heavy atom. The molecule has 0 radical (unpaired) electrons. The molecule has 0 saturated carbocycles. The highest BCUT2D eigenvalue weighted by atomic mass is 16.5. The number of ether oxygens (including phenoxy) is 1. The van der Waals surface area contributed by atoms with Crippen LogP contribution in [-0.2, 0) is 4.74 Å². The number of unbranched alkanes of at least 4 members (excludes halogenated alkanes) is 1. The summed E-state index contributed by atoms with van der Waals surface area (Å²) < 4.78 is 5.38. The third-order valence-electron chi connectivity index (χ3n) is 3.11. The van der Waals surface area contributed by atoms with Gasteiger partial charge in [-0.15, -0.1) is 0 Å². The average molecular weight is 231 g/mol. The molecule has 2 N–H and O–H groups in total. The molecule has 2 atom stereocenters. The van der Waals surface area contributed by atoms with Crippen molar-refractivity contribution >= 4 is 0 Å². The lowest BCUT2D eigenvalue weighted by molar-refractivity contribution is 0.00939. The van der Waals surface area contributed by atoms with Gasteiger partial charge < -0.3 is 14.9 Å². The molecular formula is C12H25NO3. The quantitative estimate of drug-likeness (QED) is 0.601. The minimum absolute atomic E-state index is 0.198. The number of likely N-dealkylation sites (tertiary alicyclic amines) is 1. The Hall–Kier alpha value is -0.160. The largest absolute Gasteiger partial charge is 0.395 e. The van der Waals surface area contributed by atoms with Crippen LogP contribution in [0.3, 0.4) is 0 Å². The van der Waals surface area contributed by atoms with Crippen LogP contribution in [0.15, 0.2) is 0 Å². The van der Waals surface area contributed by atoms with Crippen LogP contribution in [0.2, 0.25) is 0 Å². The van der Waals surface area contributed by atoms with Crippen molar-refractivity contribution in [3.63, 3.8) is 0 Å². The molecule has 1 aliphatic heterocycles. The zero-order valence-corrected chi connectivity index (χ0v) is 10.3. The normalized spacial score (nSPS) is 23.8. The summed E-state index contributed by atoms with van der Waals surface area (Å²) in [6.45, 7) is 5.07. The summed E-state index contributed by atoms with van der Waals surface area (Å²) in [5, 5.41) is 18.9. The Morgan fingerprint density at radius 3 is 3.00 bits per heavy atom. The molecule has 1 aliphatic rings. The minimum Gasteiger partial charge on any atom is -0.395 e. The van der Waals surface area contributed by atoms with E-state index in [0.29, 0.717) is 13.2 Å². The zero-order chi connectivity index (χ0) is 11.8. The van der Waals surface area contributed by atoms with Gasteiger partial charge in [-0.2, -0.15) is 0 Å². The SMILES string of the molecule is CCCCOCC(O)CN1CCCC1CO. The van der Waals surface area contributed by atoms with Gasteiger partial charge in [0.1, 0.15) is 0 Å². The van der Waals surface area contributed by atoms with Crippen LogP contribution in [0.4, 0.5) is 0 Å². The van der Waals surface area contributed by atoms with E-state index in [0.717, 1.165) is 38.8 Å². The highest BCUT2D eigenvalue weighted by Gasteiger charge is 2.25. The van der Waals surface area contributed by atoms with E-state index < -0.39 is 6.10 Å². The van der Waals surface area contributed by atoms with E-state index in [1.165, 1.54) is 0 Å². The summed E-state index contributed by atoms with van der Waals surface area (Å²) in [7, 11) is 0. The number of nitrogens with zero attached hydrogens (tertiary/aromatic N) is 1. The van der Waals surface area contributed by atoms with E-state index in [1.54, 1.807) is 0 Å². The molecule has 0 aromatic rings. The molecule has 0 amide bonds. The molecule has 1 saturated heterocycles. The molecule has 1 heterocycles. The fourth-order valence-corrected chi connectivity index (χ4v) is 2.13. The van der Waals surface area contributed by atoms with Crippen LogP contribution in [-0.4, -0.2) is 60.2 Å². The number of aliphatic hydroxyl groups is 2. The monoisotopic (exact) mass is 231 g/mol. The predicted octanol–water partition coefficient (Wildman–Crippen LogP) is 0.621. The van der Waals surface area contributed by atoms with Crippen LogP contribution in [0.25, 0.3) is 0 Å². The second-order valence-corrected chi connectivity index (χ2v) is 4.56. The molecule has 1 rings (SSSR count). The first-order chi connectivity index (χ1) is 7.77. The van der Waals surface area contributed by atoms with Gasteiger partial charge in [0.15, 0.2) is 0 Å². The molecule has 0 aromatic heterocycles. The van der Waals surface area contributed by atoms with Crippen molar-refractivity contribution in [3.05, 3.63) is 0 Å². The Labute approximate surface area is 98.2 Å². The van der Waals surface area contributed by atoms with Crippen molar-refractivity contribution < 1.29 is 14.9 Å². The van der Waals surface area contributed by atoms with Gasteiger partial charge in [-0.3, -0.25) is 4.90 Å². The standard InChI is InChI=1S/C12H25NO3/c1-2-3-7-16-10-12(15)8-13-6-4-5-11(13)9-14/h11-12,14-15H,2-10H2,1H3. The van der Waals surface area contributed by atoms with Crippen molar-refractivity contribution in [1.82, 2.24) is 4.90 Å². The summed E-state index contributed by atoms with van der Waals surface area (Å²) in [4.78, 5) is 2.16. The third kappa shape index (κ3) is 4.78. The maximum atomic E-state index is 9.77. The van der Waals surface area contributed by atoms with E-state index in [-0.39, 0.29) is 12.6 Å². The maximum Gasteiger partial charge on any atom is 0.0900 e. The molecule has 4 heteroatoms. The first kappa shape index (κ1) is 13.9. The van der Waals surface area contributed by atoms with Crippen molar-refractivity contribution in [2.45, 2.75) is 44.8 Å². The van der Waals surface area contributed by atoms with Crippen LogP contribution in [0.5, 0.6) is 0 Å².